The average Bonchev–Trinajstić information content (AvgIpc) is 2.88. The summed E-state index contributed by atoms with van der Waals surface area (Å²) in [6, 6.07) is 4.86. The molecule has 6 heteroatoms. The van der Waals surface area contributed by atoms with Gasteiger partial charge < -0.3 is 5.73 Å². The molecule has 0 heterocycles. The lowest BCUT2D eigenvalue weighted by molar-refractivity contribution is 0.347. The lowest BCUT2D eigenvalue weighted by Gasteiger charge is -2.27. The van der Waals surface area contributed by atoms with Crippen LogP contribution in [0.4, 0.5) is 5.69 Å². The molecule has 0 atom stereocenters. The molecule has 1 aromatic rings. The third-order valence-corrected chi connectivity index (χ3v) is 6.48. The topological polar surface area (TPSA) is 63.4 Å². The highest BCUT2D eigenvalue weighted by atomic mass is 79.9. The summed E-state index contributed by atoms with van der Waals surface area (Å²) in [5.41, 5.74) is 6.21. The molecule has 1 aliphatic carbocycles. The summed E-state index contributed by atoms with van der Waals surface area (Å²) in [6.45, 7) is 4.01. The van der Waals surface area contributed by atoms with Gasteiger partial charge >= 0.3 is 0 Å². The average molecular weight is 359 g/mol. The molecule has 0 aliphatic heterocycles. The van der Waals surface area contributed by atoms with Crippen LogP contribution in [0.1, 0.15) is 25.7 Å². The van der Waals surface area contributed by atoms with Crippen molar-refractivity contribution in [1.29, 1.82) is 0 Å². The molecule has 1 saturated carbocycles. The monoisotopic (exact) mass is 358 g/mol. The van der Waals surface area contributed by atoms with Gasteiger partial charge in [-0.15, -0.1) is 6.58 Å². The number of benzene rings is 1. The van der Waals surface area contributed by atoms with E-state index in [0.29, 0.717) is 16.7 Å². The standard InChI is InChI=1S/C14H19BrN2O2S/c1-2-9-17(12-5-3-4-6-12)20(18,19)14-8-7-11(16)10-13(14)15/h2,7-8,10,12H,1,3-6,9,16H2. The number of sulfonamides is 1. The molecule has 1 fully saturated rings. The largest absolute Gasteiger partial charge is 0.399 e. The van der Waals surface area contributed by atoms with Gasteiger partial charge in [0.15, 0.2) is 0 Å². The maximum atomic E-state index is 12.8. The highest BCUT2D eigenvalue weighted by molar-refractivity contribution is 9.10. The van der Waals surface area contributed by atoms with Crippen LogP contribution < -0.4 is 5.73 Å². The van der Waals surface area contributed by atoms with Crippen molar-refractivity contribution in [3.8, 4) is 0 Å². The van der Waals surface area contributed by atoms with E-state index < -0.39 is 10.0 Å². The molecule has 0 spiro atoms. The first kappa shape index (κ1) is 15.5. The Labute approximate surface area is 128 Å². The van der Waals surface area contributed by atoms with Gasteiger partial charge in [-0.05, 0) is 47.0 Å². The molecule has 0 amide bonds. The summed E-state index contributed by atoms with van der Waals surface area (Å²) in [6.07, 6.45) is 5.63. The second kappa shape index (κ2) is 6.28. The normalized spacial score (nSPS) is 16.7. The minimum absolute atomic E-state index is 0.0717. The van der Waals surface area contributed by atoms with Crippen LogP contribution in [0.25, 0.3) is 0 Å². The van der Waals surface area contributed by atoms with Crippen LogP contribution in [0.15, 0.2) is 40.2 Å². The zero-order chi connectivity index (χ0) is 14.8. The fourth-order valence-corrected chi connectivity index (χ4v) is 5.33. The highest BCUT2D eigenvalue weighted by Crippen LogP contribution is 2.32. The van der Waals surface area contributed by atoms with Gasteiger partial charge in [0.2, 0.25) is 10.0 Å². The molecule has 20 heavy (non-hydrogen) atoms. The van der Waals surface area contributed by atoms with E-state index in [9.17, 15) is 8.42 Å². The van der Waals surface area contributed by atoms with Crippen molar-refractivity contribution >= 4 is 31.6 Å². The summed E-state index contributed by atoms with van der Waals surface area (Å²) in [5, 5.41) is 0. The fourth-order valence-electron chi connectivity index (χ4n) is 2.62. The number of halogens is 1. The summed E-state index contributed by atoms with van der Waals surface area (Å²) < 4.78 is 27.8. The van der Waals surface area contributed by atoms with Gasteiger partial charge in [0.05, 0.1) is 4.90 Å². The summed E-state index contributed by atoms with van der Waals surface area (Å²) in [7, 11) is -3.53. The fraction of sp³-hybridized carbons (Fsp3) is 0.429. The Morgan fingerprint density at radius 1 is 1.40 bits per heavy atom. The van der Waals surface area contributed by atoms with Crippen molar-refractivity contribution in [2.45, 2.75) is 36.6 Å². The van der Waals surface area contributed by atoms with E-state index in [-0.39, 0.29) is 10.9 Å². The molecule has 0 bridgehead atoms. The Hall–Kier alpha value is -0.850. The number of rotatable bonds is 5. The van der Waals surface area contributed by atoms with Crippen molar-refractivity contribution in [2.75, 3.05) is 12.3 Å². The number of nitrogens with two attached hydrogens (primary N) is 1. The molecular weight excluding hydrogens is 340 g/mol. The molecule has 1 aromatic carbocycles. The van der Waals surface area contributed by atoms with E-state index in [1.807, 2.05) is 0 Å². The van der Waals surface area contributed by atoms with Crippen molar-refractivity contribution in [1.82, 2.24) is 4.31 Å². The van der Waals surface area contributed by atoms with E-state index in [2.05, 4.69) is 22.5 Å². The molecule has 2 rings (SSSR count). The SMILES string of the molecule is C=CCN(C1CCCC1)S(=O)(=O)c1ccc(N)cc1Br. The van der Waals surface area contributed by atoms with E-state index in [0.717, 1.165) is 25.7 Å². The minimum atomic E-state index is -3.53. The molecule has 0 saturated heterocycles. The second-order valence-corrected chi connectivity index (χ2v) is 7.70. The third kappa shape index (κ3) is 3.07. The Kier molecular flexibility index (Phi) is 4.88. The Morgan fingerprint density at radius 3 is 2.60 bits per heavy atom. The van der Waals surface area contributed by atoms with E-state index in [1.54, 1.807) is 28.6 Å². The molecule has 0 unspecified atom stereocenters. The molecule has 2 N–H and O–H groups in total. The van der Waals surface area contributed by atoms with Gasteiger partial charge in [-0.25, -0.2) is 8.42 Å². The number of hydrogen-bond donors (Lipinski definition) is 1. The lowest BCUT2D eigenvalue weighted by atomic mass is 10.2. The number of nitrogens with zero attached hydrogens (tertiary/aromatic N) is 1. The van der Waals surface area contributed by atoms with Crippen molar-refractivity contribution < 1.29 is 8.42 Å². The van der Waals surface area contributed by atoms with Crippen LogP contribution >= 0.6 is 15.9 Å². The van der Waals surface area contributed by atoms with Crippen LogP contribution in [0, 0.1) is 0 Å². The van der Waals surface area contributed by atoms with E-state index in [4.69, 9.17) is 5.73 Å². The summed E-state index contributed by atoms with van der Waals surface area (Å²) >= 11 is 3.30. The van der Waals surface area contributed by atoms with Crippen molar-refractivity contribution in [3.63, 3.8) is 0 Å². The van der Waals surface area contributed by atoms with Gasteiger partial charge in [-0.3, -0.25) is 0 Å². The molecule has 0 radical (unpaired) electrons. The smallest absolute Gasteiger partial charge is 0.244 e. The van der Waals surface area contributed by atoms with Crippen molar-refractivity contribution in [3.05, 3.63) is 35.3 Å². The van der Waals surface area contributed by atoms with Crippen LogP contribution in [0.2, 0.25) is 0 Å². The first-order chi connectivity index (χ1) is 9.46. The zero-order valence-corrected chi connectivity index (χ0v) is 13.7. The molecule has 0 aromatic heterocycles. The van der Waals surface area contributed by atoms with E-state index in [1.165, 1.54) is 0 Å². The number of hydrogen-bond acceptors (Lipinski definition) is 3. The third-order valence-electron chi connectivity index (χ3n) is 3.58. The summed E-state index contributed by atoms with van der Waals surface area (Å²) in [4.78, 5) is 0.264. The number of nitrogen functional groups attached to an aromatic ring is 1. The van der Waals surface area contributed by atoms with Gasteiger partial charge in [-0.2, -0.15) is 4.31 Å². The summed E-state index contributed by atoms with van der Waals surface area (Å²) in [5.74, 6) is 0. The molecule has 4 nitrogen and oxygen atoms in total. The molecule has 1 aliphatic rings. The lowest BCUT2D eigenvalue weighted by Crippen LogP contribution is -2.39. The van der Waals surface area contributed by atoms with Gasteiger partial charge in [0.1, 0.15) is 0 Å². The maximum absolute atomic E-state index is 12.8. The van der Waals surface area contributed by atoms with Gasteiger partial charge in [0.25, 0.3) is 0 Å². The quantitative estimate of drug-likeness (QED) is 0.649. The number of anilines is 1. The van der Waals surface area contributed by atoms with Crippen LogP contribution in [0.3, 0.4) is 0 Å². The predicted molar refractivity (Wildman–Crippen MR) is 84.9 cm³/mol. The molecular formula is C14H19BrN2O2S. The Balaban J connectivity index is 2.41. The zero-order valence-electron chi connectivity index (χ0n) is 11.3. The van der Waals surface area contributed by atoms with Crippen LogP contribution in [-0.2, 0) is 10.0 Å². The van der Waals surface area contributed by atoms with Gasteiger partial charge in [-0.1, -0.05) is 18.9 Å². The van der Waals surface area contributed by atoms with Crippen LogP contribution in [0.5, 0.6) is 0 Å². The van der Waals surface area contributed by atoms with Crippen molar-refractivity contribution in [2.24, 2.45) is 0 Å². The first-order valence-electron chi connectivity index (χ1n) is 6.64. The van der Waals surface area contributed by atoms with Crippen LogP contribution in [-0.4, -0.2) is 25.3 Å². The van der Waals surface area contributed by atoms with Gasteiger partial charge in [0, 0.05) is 22.7 Å². The maximum Gasteiger partial charge on any atom is 0.244 e. The Bertz CT molecular complexity index is 595. The predicted octanol–water partition coefficient (Wildman–Crippen LogP) is 3.15. The molecule has 110 valence electrons. The second-order valence-electron chi connectivity index (χ2n) is 4.99. The highest BCUT2D eigenvalue weighted by Gasteiger charge is 2.33. The first-order valence-corrected chi connectivity index (χ1v) is 8.88. The van der Waals surface area contributed by atoms with E-state index >= 15 is 0 Å². The minimum Gasteiger partial charge on any atom is -0.399 e. The Morgan fingerprint density at radius 2 is 2.05 bits per heavy atom.